The lowest BCUT2D eigenvalue weighted by Gasteiger charge is -2.11. The van der Waals surface area contributed by atoms with Gasteiger partial charge in [0.15, 0.2) is 5.03 Å². The standard InChI is InChI=1S/C12H15N3O3S/c1-7-5-11(16)8(2)4-10(7)15-19(17,18)12-6-13-9(3)14-12/h4-6,15-16H,1-3H3,(H,13,14). The molecular formula is C12H15N3O3S. The van der Waals surface area contributed by atoms with Gasteiger partial charge in [-0.05, 0) is 44.0 Å². The van der Waals surface area contributed by atoms with Gasteiger partial charge in [0.05, 0.1) is 11.9 Å². The van der Waals surface area contributed by atoms with Crippen LogP contribution in [0.2, 0.25) is 0 Å². The van der Waals surface area contributed by atoms with Crippen LogP contribution in [0.4, 0.5) is 5.69 Å². The summed E-state index contributed by atoms with van der Waals surface area (Å²) in [5, 5.41) is 9.56. The van der Waals surface area contributed by atoms with Crippen molar-refractivity contribution in [3.8, 4) is 5.75 Å². The number of H-pyrrole nitrogens is 1. The van der Waals surface area contributed by atoms with Crippen molar-refractivity contribution in [3.05, 3.63) is 35.3 Å². The first-order valence-corrected chi connectivity index (χ1v) is 7.12. The lowest BCUT2D eigenvalue weighted by molar-refractivity contribution is 0.471. The normalized spacial score (nSPS) is 11.5. The summed E-state index contributed by atoms with van der Waals surface area (Å²) >= 11 is 0. The summed E-state index contributed by atoms with van der Waals surface area (Å²) in [6, 6.07) is 3.11. The van der Waals surface area contributed by atoms with Crippen molar-refractivity contribution in [2.24, 2.45) is 0 Å². The number of rotatable bonds is 3. The molecule has 1 aromatic heterocycles. The zero-order valence-electron chi connectivity index (χ0n) is 10.9. The van der Waals surface area contributed by atoms with Gasteiger partial charge in [0.25, 0.3) is 10.0 Å². The average Bonchev–Trinajstić information content (AvgIpc) is 2.73. The van der Waals surface area contributed by atoms with Crippen LogP contribution in [-0.4, -0.2) is 23.5 Å². The van der Waals surface area contributed by atoms with E-state index in [4.69, 9.17) is 0 Å². The van der Waals surface area contributed by atoms with Crippen LogP contribution in [-0.2, 0) is 10.0 Å². The van der Waals surface area contributed by atoms with Gasteiger partial charge in [-0.2, -0.15) is 8.42 Å². The van der Waals surface area contributed by atoms with E-state index in [1.54, 1.807) is 26.8 Å². The average molecular weight is 281 g/mol. The number of anilines is 1. The first-order chi connectivity index (χ1) is 8.79. The minimum Gasteiger partial charge on any atom is -0.508 e. The van der Waals surface area contributed by atoms with Gasteiger partial charge in [-0.3, -0.25) is 4.72 Å². The van der Waals surface area contributed by atoms with Gasteiger partial charge >= 0.3 is 0 Å². The lowest BCUT2D eigenvalue weighted by Crippen LogP contribution is -2.14. The third-order valence-electron chi connectivity index (χ3n) is 2.76. The number of nitrogens with zero attached hydrogens (tertiary/aromatic N) is 1. The second-order valence-electron chi connectivity index (χ2n) is 4.39. The monoisotopic (exact) mass is 281 g/mol. The van der Waals surface area contributed by atoms with Crippen LogP contribution in [0.3, 0.4) is 0 Å². The molecule has 0 aliphatic carbocycles. The molecule has 19 heavy (non-hydrogen) atoms. The highest BCUT2D eigenvalue weighted by Crippen LogP contribution is 2.26. The van der Waals surface area contributed by atoms with Crippen molar-refractivity contribution in [1.29, 1.82) is 0 Å². The van der Waals surface area contributed by atoms with E-state index >= 15 is 0 Å². The Hall–Kier alpha value is -2.02. The topological polar surface area (TPSA) is 95.1 Å². The largest absolute Gasteiger partial charge is 0.508 e. The molecule has 6 nitrogen and oxygen atoms in total. The second-order valence-corrected chi connectivity index (χ2v) is 6.04. The number of aromatic nitrogens is 2. The summed E-state index contributed by atoms with van der Waals surface area (Å²) in [5.41, 5.74) is 1.68. The lowest BCUT2D eigenvalue weighted by atomic mass is 10.1. The number of nitrogens with one attached hydrogen (secondary N) is 2. The minimum absolute atomic E-state index is 0.00938. The zero-order chi connectivity index (χ0) is 14.2. The van der Waals surface area contributed by atoms with Gasteiger partial charge in [0.2, 0.25) is 0 Å². The molecule has 0 bridgehead atoms. The van der Waals surface area contributed by atoms with Crippen LogP contribution in [0.15, 0.2) is 23.4 Å². The van der Waals surface area contributed by atoms with E-state index < -0.39 is 10.0 Å². The Morgan fingerprint density at radius 2 is 1.89 bits per heavy atom. The van der Waals surface area contributed by atoms with Crippen LogP contribution < -0.4 is 4.72 Å². The number of phenolic OH excluding ortho intramolecular Hbond substituents is 1. The van der Waals surface area contributed by atoms with Crippen LogP contribution in [0.5, 0.6) is 5.75 Å². The number of aromatic amines is 1. The quantitative estimate of drug-likeness (QED) is 0.748. The van der Waals surface area contributed by atoms with E-state index in [2.05, 4.69) is 14.7 Å². The van der Waals surface area contributed by atoms with Crippen LogP contribution in [0.25, 0.3) is 0 Å². The number of hydrogen-bond acceptors (Lipinski definition) is 4. The van der Waals surface area contributed by atoms with Crippen molar-refractivity contribution in [1.82, 2.24) is 9.97 Å². The number of phenols is 1. The number of benzene rings is 1. The molecule has 0 fully saturated rings. The Morgan fingerprint density at radius 1 is 1.21 bits per heavy atom. The number of aromatic hydroxyl groups is 1. The molecule has 0 amide bonds. The molecule has 7 heteroatoms. The van der Waals surface area contributed by atoms with Crippen molar-refractivity contribution in [2.45, 2.75) is 25.8 Å². The summed E-state index contributed by atoms with van der Waals surface area (Å²) in [7, 11) is -3.69. The van der Waals surface area contributed by atoms with Crippen molar-refractivity contribution in [3.63, 3.8) is 0 Å². The molecule has 3 N–H and O–H groups in total. The number of aryl methyl sites for hydroxylation is 3. The maximum Gasteiger partial charge on any atom is 0.278 e. The Morgan fingerprint density at radius 3 is 2.47 bits per heavy atom. The molecule has 0 aliphatic heterocycles. The van der Waals surface area contributed by atoms with Gasteiger partial charge in [-0.25, -0.2) is 4.98 Å². The number of imidazole rings is 1. The molecule has 102 valence electrons. The molecule has 1 heterocycles. The molecule has 0 saturated heterocycles. The predicted molar refractivity (Wildman–Crippen MR) is 71.7 cm³/mol. The third-order valence-corrected chi connectivity index (χ3v) is 4.03. The molecule has 2 rings (SSSR count). The smallest absolute Gasteiger partial charge is 0.278 e. The van der Waals surface area contributed by atoms with E-state index in [1.165, 1.54) is 12.3 Å². The fourth-order valence-electron chi connectivity index (χ4n) is 1.65. The first kappa shape index (κ1) is 13.4. The van der Waals surface area contributed by atoms with Crippen LogP contribution >= 0.6 is 0 Å². The van der Waals surface area contributed by atoms with Crippen molar-refractivity contribution >= 4 is 15.7 Å². The maximum atomic E-state index is 12.1. The molecule has 0 radical (unpaired) electrons. The van der Waals surface area contributed by atoms with Crippen LogP contribution in [0.1, 0.15) is 17.0 Å². The molecule has 1 aromatic carbocycles. The number of sulfonamides is 1. The second kappa shape index (κ2) is 4.58. The van der Waals surface area contributed by atoms with Gasteiger partial charge in [-0.15, -0.1) is 0 Å². The maximum absolute atomic E-state index is 12.1. The predicted octanol–water partition coefficient (Wildman–Crippen LogP) is 1.84. The Labute approximate surface area is 111 Å². The third kappa shape index (κ3) is 2.70. The highest BCUT2D eigenvalue weighted by atomic mass is 32.2. The van der Waals surface area contributed by atoms with E-state index in [9.17, 15) is 13.5 Å². The Balaban J connectivity index is 2.38. The van der Waals surface area contributed by atoms with Gasteiger partial charge in [0, 0.05) is 0 Å². The van der Waals surface area contributed by atoms with Crippen molar-refractivity contribution < 1.29 is 13.5 Å². The number of hydrogen-bond donors (Lipinski definition) is 3. The van der Waals surface area contributed by atoms with Crippen molar-refractivity contribution in [2.75, 3.05) is 4.72 Å². The summed E-state index contributed by atoms with van der Waals surface area (Å²) in [6.07, 6.45) is 1.26. The molecule has 0 saturated carbocycles. The Kier molecular flexibility index (Phi) is 3.23. The molecule has 0 atom stereocenters. The van der Waals surface area contributed by atoms with E-state index in [0.29, 0.717) is 22.6 Å². The summed E-state index contributed by atoms with van der Waals surface area (Å²) in [5.74, 6) is 0.664. The summed E-state index contributed by atoms with van der Waals surface area (Å²) < 4.78 is 26.7. The summed E-state index contributed by atoms with van der Waals surface area (Å²) in [4.78, 5) is 6.53. The SMILES string of the molecule is Cc1ncc(S(=O)(=O)Nc2cc(C)c(O)cc2C)[nH]1. The Bertz CT molecular complexity index is 720. The van der Waals surface area contributed by atoms with Gasteiger partial charge in [0.1, 0.15) is 11.6 Å². The van der Waals surface area contributed by atoms with E-state index in [0.717, 1.165) is 0 Å². The molecule has 0 unspecified atom stereocenters. The van der Waals surface area contributed by atoms with Gasteiger partial charge < -0.3 is 10.1 Å². The highest BCUT2D eigenvalue weighted by molar-refractivity contribution is 7.92. The highest BCUT2D eigenvalue weighted by Gasteiger charge is 2.18. The fourth-order valence-corrected chi connectivity index (χ4v) is 2.74. The molecule has 0 aliphatic rings. The molecule has 0 spiro atoms. The fraction of sp³-hybridized carbons (Fsp3) is 0.250. The van der Waals surface area contributed by atoms with E-state index in [1.807, 2.05) is 0 Å². The summed E-state index contributed by atoms with van der Waals surface area (Å²) in [6.45, 7) is 5.09. The molecule has 2 aromatic rings. The van der Waals surface area contributed by atoms with Gasteiger partial charge in [-0.1, -0.05) is 0 Å². The van der Waals surface area contributed by atoms with E-state index in [-0.39, 0.29) is 10.8 Å². The van der Waals surface area contributed by atoms with Crippen LogP contribution in [0, 0.1) is 20.8 Å². The zero-order valence-corrected chi connectivity index (χ0v) is 11.7. The first-order valence-electron chi connectivity index (χ1n) is 5.64. The minimum atomic E-state index is -3.69. The molecular weight excluding hydrogens is 266 g/mol.